The summed E-state index contributed by atoms with van der Waals surface area (Å²) in [7, 11) is -3.87. The Bertz CT molecular complexity index is 1390. The predicted molar refractivity (Wildman–Crippen MR) is 136 cm³/mol. The fraction of sp³-hybridized carbons (Fsp3) is 0.179. The quantitative estimate of drug-likeness (QED) is 0.394. The molecular formula is C28H28N2O3S. The Labute approximate surface area is 201 Å². The Hall–Kier alpha value is -3.48. The fourth-order valence-corrected chi connectivity index (χ4v) is 5.22. The van der Waals surface area contributed by atoms with Crippen molar-refractivity contribution in [2.24, 2.45) is 0 Å². The molecule has 0 radical (unpaired) electrons. The third-order valence-corrected chi connectivity index (χ3v) is 7.62. The number of aryl methyl sites for hydroxylation is 2. The van der Waals surface area contributed by atoms with Gasteiger partial charge in [0.05, 0.1) is 11.4 Å². The number of amides is 1. The summed E-state index contributed by atoms with van der Waals surface area (Å²) in [4.78, 5) is 13.1. The van der Waals surface area contributed by atoms with E-state index in [9.17, 15) is 13.2 Å². The zero-order valence-electron chi connectivity index (χ0n) is 19.4. The van der Waals surface area contributed by atoms with Crippen molar-refractivity contribution in [3.8, 4) is 0 Å². The standard InChI is InChI=1S/C28H28N2O3S/c1-21-10-14-23(15-11-21)19-30(34(32,33)26-16-12-22(2)13-17-26)20-28(31)29-18-25-8-5-7-24-6-3-4-9-27(24)25/h3-17H,18-20H2,1-2H3,(H,29,31). The van der Waals surface area contributed by atoms with E-state index in [0.717, 1.165) is 33.0 Å². The van der Waals surface area contributed by atoms with Crippen LogP contribution < -0.4 is 5.32 Å². The molecule has 4 aromatic rings. The summed E-state index contributed by atoms with van der Waals surface area (Å²) >= 11 is 0. The summed E-state index contributed by atoms with van der Waals surface area (Å²) in [6, 6.07) is 28.3. The van der Waals surface area contributed by atoms with Crippen LogP contribution in [0.4, 0.5) is 0 Å². The molecular weight excluding hydrogens is 444 g/mol. The van der Waals surface area contributed by atoms with Gasteiger partial charge in [0.1, 0.15) is 0 Å². The highest BCUT2D eigenvalue weighted by Gasteiger charge is 2.27. The molecule has 0 unspecified atom stereocenters. The monoisotopic (exact) mass is 472 g/mol. The maximum Gasteiger partial charge on any atom is 0.243 e. The Balaban J connectivity index is 1.55. The normalized spacial score (nSPS) is 11.6. The van der Waals surface area contributed by atoms with E-state index in [2.05, 4.69) is 5.32 Å². The smallest absolute Gasteiger partial charge is 0.243 e. The van der Waals surface area contributed by atoms with Crippen molar-refractivity contribution in [1.29, 1.82) is 0 Å². The zero-order chi connectivity index (χ0) is 24.1. The molecule has 0 aliphatic heterocycles. The molecule has 1 N–H and O–H groups in total. The number of fused-ring (bicyclic) bond motifs is 1. The number of benzene rings is 4. The predicted octanol–water partition coefficient (Wildman–Crippen LogP) is 4.96. The molecule has 34 heavy (non-hydrogen) atoms. The Kier molecular flexibility index (Phi) is 7.10. The molecule has 0 saturated heterocycles. The molecule has 0 bridgehead atoms. The third kappa shape index (κ3) is 5.53. The van der Waals surface area contributed by atoms with Crippen LogP contribution >= 0.6 is 0 Å². The van der Waals surface area contributed by atoms with Gasteiger partial charge in [-0.2, -0.15) is 4.31 Å². The second-order valence-corrected chi connectivity index (χ2v) is 10.4. The molecule has 4 aromatic carbocycles. The van der Waals surface area contributed by atoms with E-state index in [1.54, 1.807) is 24.3 Å². The van der Waals surface area contributed by atoms with E-state index >= 15 is 0 Å². The van der Waals surface area contributed by atoms with Crippen LogP contribution in [0.3, 0.4) is 0 Å². The highest BCUT2D eigenvalue weighted by atomic mass is 32.2. The number of sulfonamides is 1. The Morgan fingerprint density at radius 1 is 0.794 bits per heavy atom. The second-order valence-electron chi connectivity index (χ2n) is 8.49. The summed E-state index contributed by atoms with van der Waals surface area (Å²) < 4.78 is 28.1. The van der Waals surface area contributed by atoms with Crippen LogP contribution in [0.2, 0.25) is 0 Å². The first-order valence-corrected chi connectivity index (χ1v) is 12.6. The fourth-order valence-electron chi connectivity index (χ4n) is 3.84. The minimum absolute atomic E-state index is 0.109. The number of hydrogen-bond acceptors (Lipinski definition) is 3. The molecule has 0 saturated carbocycles. The maximum atomic E-state index is 13.4. The van der Waals surface area contributed by atoms with Crippen molar-refractivity contribution >= 4 is 26.7 Å². The average molecular weight is 473 g/mol. The SMILES string of the molecule is Cc1ccc(CN(CC(=O)NCc2cccc3ccccc23)S(=O)(=O)c2ccc(C)cc2)cc1. The van der Waals surface area contributed by atoms with Crippen molar-refractivity contribution < 1.29 is 13.2 Å². The first-order chi connectivity index (χ1) is 16.3. The molecule has 0 aliphatic rings. The van der Waals surface area contributed by atoms with E-state index in [1.165, 1.54) is 4.31 Å². The number of hydrogen-bond donors (Lipinski definition) is 1. The van der Waals surface area contributed by atoms with Crippen molar-refractivity contribution in [3.05, 3.63) is 113 Å². The Morgan fingerprint density at radius 2 is 1.41 bits per heavy atom. The average Bonchev–Trinajstić information content (AvgIpc) is 2.84. The van der Waals surface area contributed by atoms with Crippen LogP contribution in [-0.2, 0) is 27.9 Å². The molecule has 5 nitrogen and oxygen atoms in total. The van der Waals surface area contributed by atoms with Gasteiger partial charge in [-0.25, -0.2) is 8.42 Å². The van der Waals surface area contributed by atoms with Gasteiger partial charge in [0.15, 0.2) is 0 Å². The lowest BCUT2D eigenvalue weighted by atomic mass is 10.0. The highest BCUT2D eigenvalue weighted by molar-refractivity contribution is 7.89. The topological polar surface area (TPSA) is 66.5 Å². The molecule has 6 heteroatoms. The third-order valence-electron chi connectivity index (χ3n) is 5.81. The number of rotatable bonds is 8. The van der Waals surface area contributed by atoms with E-state index in [4.69, 9.17) is 0 Å². The molecule has 174 valence electrons. The molecule has 0 aliphatic carbocycles. The van der Waals surface area contributed by atoms with Crippen molar-refractivity contribution in [2.45, 2.75) is 31.8 Å². The zero-order valence-corrected chi connectivity index (χ0v) is 20.2. The van der Waals surface area contributed by atoms with Gasteiger partial charge in [0.25, 0.3) is 0 Å². The number of carbonyl (C=O) groups is 1. The lowest BCUT2D eigenvalue weighted by Gasteiger charge is -2.22. The molecule has 1 amide bonds. The molecule has 0 atom stereocenters. The first kappa shape index (κ1) is 23.7. The molecule has 0 fully saturated rings. The summed E-state index contributed by atoms with van der Waals surface area (Å²) in [5.74, 6) is -0.351. The largest absolute Gasteiger partial charge is 0.351 e. The second kappa shape index (κ2) is 10.2. The Morgan fingerprint density at radius 3 is 2.12 bits per heavy atom. The first-order valence-electron chi connectivity index (χ1n) is 11.2. The maximum absolute atomic E-state index is 13.4. The summed E-state index contributed by atoms with van der Waals surface area (Å²) in [5.41, 5.74) is 3.86. The summed E-state index contributed by atoms with van der Waals surface area (Å²) in [5, 5.41) is 5.06. The minimum atomic E-state index is -3.87. The number of carbonyl (C=O) groups excluding carboxylic acids is 1. The highest BCUT2D eigenvalue weighted by Crippen LogP contribution is 2.20. The lowest BCUT2D eigenvalue weighted by molar-refractivity contribution is -0.121. The van der Waals surface area contributed by atoms with Crippen LogP contribution in [0, 0.1) is 13.8 Å². The van der Waals surface area contributed by atoms with E-state index < -0.39 is 10.0 Å². The summed E-state index contributed by atoms with van der Waals surface area (Å²) in [6.07, 6.45) is 0. The van der Waals surface area contributed by atoms with Crippen molar-refractivity contribution in [2.75, 3.05) is 6.54 Å². The van der Waals surface area contributed by atoms with Gasteiger partial charge < -0.3 is 5.32 Å². The van der Waals surface area contributed by atoms with E-state index in [1.807, 2.05) is 80.6 Å². The van der Waals surface area contributed by atoms with E-state index in [0.29, 0.717) is 6.54 Å². The van der Waals surface area contributed by atoms with Crippen LogP contribution in [0.5, 0.6) is 0 Å². The van der Waals surface area contributed by atoms with Crippen LogP contribution in [0.15, 0.2) is 95.9 Å². The molecule has 0 aromatic heterocycles. The summed E-state index contributed by atoms with van der Waals surface area (Å²) in [6.45, 7) is 4.04. The van der Waals surface area contributed by atoms with Gasteiger partial charge in [-0.05, 0) is 47.9 Å². The van der Waals surface area contributed by atoms with Gasteiger partial charge >= 0.3 is 0 Å². The van der Waals surface area contributed by atoms with Gasteiger partial charge in [-0.3, -0.25) is 4.79 Å². The lowest BCUT2D eigenvalue weighted by Crippen LogP contribution is -2.40. The van der Waals surface area contributed by atoms with Crippen molar-refractivity contribution in [3.63, 3.8) is 0 Å². The van der Waals surface area contributed by atoms with Gasteiger partial charge in [0, 0.05) is 13.1 Å². The van der Waals surface area contributed by atoms with Crippen molar-refractivity contribution in [1.82, 2.24) is 9.62 Å². The van der Waals surface area contributed by atoms with Crippen LogP contribution in [0.25, 0.3) is 10.8 Å². The molecule has 0 heterocycles. The molecule has 4 rings (SSSR count). The van der Waals surface area contributed by atoms with Gasteiger partial charge in [-0.15, -0.1) is 0 Å². The van der Waals surface area contributed by atoms with Crippen LogP contribution in [-0.4, -0.2) is 25.2 Å². The van der Waals surface area contributed by atoms with Gasteiger partial charge in [-0.1, -0.05) is 90.0 Å². The number of nitrogens with one attached hydrogen (secondary N) is 1. The number of nitrogens with zero attached hydrogens (tertiary/aromatic N) is 1. The molecule has 0 spiro atoms. The van der Waals surface area contributed by atoms with Crippen LogP contribution in [0.1, 0.15) is 22.3 Å². The minimum Gasteiger partial charge on any atom is -0.351 e. The van der Waals surface area contributed by atoms with Gasteiger partial charge in [0.2, 0.25) is 15.9 Å². The van der Waals surface area contributed by atoms with E-state index in [-0.39, 0.29) is 23.9 Å².